The Morgan fingerprint density at radius 3 is 3.12 bits per heavy atom. The fourth-order valence-corrected chi connectivity index (χ4v) is 3.54. The van der Waals surface area contributed by atoms with Gasteiger partial charge in [-0.05, 0) is 47.7 Å². The maximum absolute atomic E-state index is 5.46. The standard InChI is InChI=1S/C12H18BrNOS/c1-9-12(13)5-11(16-9)7-14-6-10-3-2-4-15-8-10/h5,10,14H,2-4,6-8H2,1H3. The number of nitrogens with one attached hydrogen (secondary N) is 1. The van der Waals surface area contributed by atoms with E-state index in [0.29, 0.717) is 5.92 Å². The quantitative estimate of drug-likeness (QED) is 0.921. The van der Waals surface area contributed by atoms with E-state index in [4.69, 9.17) is 4.74 Å². The zero-order chi connectivity index (χ0) is 11.4. The third kappa shape index (κ3) is 3.55. The van der Waals surface area contributed by atoms with E-state index in [0.717, 1.165) is 26.3 Å². The van der Waals surface area contributed by atoms with Gasteiger partial charge in [-0.25, -0.2) is 0 Å². The summed E-state index contributed by atoms with van der Waals surface area (Å²) >= 11 is 5.41. The SMILES string of the molecule is Cc1sc(CNCC2CCCOC2)cc1Br. The van der Waals surface area contributed by atoms with Crippen molar-refractivity contribution >= 4 is 27.3 Å². The van der Waals surface area contributed by atoms with Gasteiger partial charge < -0.3 is 10.1 Å². The van der Waals surface area contributed by atoms with Crippen LogP contribution in [0.2, 0.25) is 0 Å². The van der Waals surface area contributed by atoms with Gasteiger partial charge in [0.15, 0.2) is 0 Å². The van der Waals surface area contributed by atoms with Crippen molar-refractivity contribution in [2.75, 3.05) is 19.8 Å². The Morgan fingerprint density at radius 2 is 2.50 bits per heavy atom. The molecule has 1 aromatic heterocycles. The molecule has 1 aromatic rings. The van der Waals surface area contributed by atoms with Crippen molar-refractivity contribution in [1.29, 1.82) is 0 Å². The van der Waals surface area contributed by atoms with Gasteiger partial charge in [0.1, 0.15) is 0 Å². The van der Waals surface area contributed by atoms with E-state index >= 15 is 0 Å². The molecule has 0 amide bonds. The second kappa shape index (κ2) is 6.15. The third-order valence-electron chi connectivity index (χ3n) is 2.90. The molecule has 1 saturated heterocycles. The largest absolute Gasteiger partial charge is 0.381 e. The number of hydrogen-bond donors (Lipinski definition) is 1. The average molecular weight is 304 g/mol. The number of hydrogen-bond acceptors (Lipinski definition) is 3. The summed E-state index contributed by atoms with van der Waals surface area (Å²) in [6, 6.07) is 2.21. The lowest BCUT2D eigenvalue weighted by atomic mass is 10.0. The van der Waals surface area contributed by atoms with Crippen molar-refractivity contribution in [3.63, 3.8) is 0 Å². The van der Waals surface area contributed by atoms with Crippen LogP contribution in [-0.2, 0) is 11.3 Å². The Kier molecular flexibility index (Phi) is 4.82. The molecule has 1 N–H and O–H groups in total. The van der Waals surface area contributed by atoms with Gasteiger partial charge in [-0.15, -0.1) is 11.3 Å². The van der Waals surface area contributed by atoms with Crippen LogP contribution >= 0.6 is 27.3 Å². The molecule has 90 valence electrons. The van der Waals surface area contributed by atoms with Gasteiger partial charge in [0.05, 0.1) is 6.61 Å². The molecule has 0 saturated carbocycles. The van der Waals surface area contributed by atoms with Crippen LogP contribution in [0, 0.1) is 12.8 Å². The van der Waals surface area contributed by atoms with Gasteiger partial charge in [0.2, 0.25) is 0 Å². The second-order valence-electron chi connectivity index (χ2n) is 4.33. The normalized spacial score (nSPS) is 21.2. The number of aryl methyl sites for hydroxylation is 1. The van der Waals surface area contributed by atoms with Gasteiger partial charge in [0, 0.05) is 33.9 Å². The van der Waals surface area contributed by atoms with E-state index in [1.165, 1.54) is 27.1 Å². The minimum Gasteiger partial charge on any atom is -0.381 e. The van der Waals surface area contributed by atoms with Crippen LogP contribution in [0.15, 0.2) is 10.5 Å². The Labute approximate surface area is 110 Å². The van der Waals surface area contributed by atoms with Crippen LogP contribution in [0.1, 0.15) is 22.6 Å². The summed E-state index contributed by atoms with van der Waals surface area (Å²) in [5.74, 6) is 0.707. The molecule has 0 radical (unpaired) electrons. The lowest BCUT2D eigenvalue weighted by Crippen LogP contribution is -2.28. The monoisotopic (exact) mass is 303 g/mol. The van der Waals surface area contributed by atoms with Gasteiger partial charge in [-0.3, -0.25) is 0 Å². The lowest BCUT2D eigenvalue weighted by Gasteiger charge is -2.22. The Hall–Kier alpha value is 0.100. The van der Waals surface area contributed by atoms with Crippen LogP contribution in [-0.4, -0.2) is 19.8 Å². The molecule has 2 heterocycles. The van der Waals surface area contributed by atoms with Crippen LogP contribution < -0.4 is 5.32 Å². The zero-order valence-electron chi connectivity index (χ0n) is 9.59. The summed E-state index contributed by atoms with van der Waals surface area (Å²) in [6.45, 7) is 6.09. The van der Waals surface area contributed by atoms with E-state index in [9.17, 15) is 0 Å². The highest BCUT2D eigenvalue weighted by Gasteiger charge is 2.13. The third-order valence-corrected chi connectivity index (χ3v) is 5.03. The minimum absolute atomic E-state index is 0.707. The highest BCUT2D eigenvalue weighted by atomic mass is 79.9. The summed E-state index contributed by atoms with van der Waals surface area (Å²) in [5, 5.41) is 3.52. The number of rotatable bonds is 4. The molecule has 4 heteroatoms. The maximum atomic E-state index is 5.46. The Bertz CT molecular complexity index is 314. The van der Waals surface area contributed by atoms with Crippen molar-refractivity contribution in [2.45, 2.75) is 26.3 Å². The topological polar surface area (TPSA) is 21.3 Å². The van der Waals surface area contributed by atoms with Gasteiger partial charge >= 0.3 is 0 Å². The van der Waals surface area contributed by atoms with Crippen molar-refractivity contribution in [2.24, 2.45) is 5.92 Å². The first-order valence-corrected chi connectivity index (χ1v) is 7.40. The first kappa shape index (κ1) is 12.6. The van der Waals surface area contributed by atoms with E-state index < -0.39 is 0 Å². The van der Waals surface area contributed by atoms with Crippen molar-refractivity contribution < 1.29 is 4.74 Å². The smallest absolute Gasteiger partial charge is 0.0506 e. The highest BCUT2D eigenvalue weighted by Crippen LogP contribution is 2.26. The molecule has 2 nitrogen and oxygen atoms in total. The first-order valence-electron chi connectivity index (χ1n) is 5.79. The Morgan fingerprint density at radius 1 is 1.62 bits per heavy atom. The summed E-state index contributed by atoms with van der Waals surface area (Å²) in [6.07, 6.45) is 2.52. The van der Waals surface area contributed by atoms with Crippen molar-refractivity contribution in [1.82, 2.24) is 5.32 Å². The molecule has 1 fully saturated rings. The highest BCUT2D eigenvalue weighted by molar-refractivity contribution is 9.10. The van der Waals surface area contributed by atoms with Crippen LogP contribution in [0.5, 0.6) is 0 Å². The maximum Gasteiger partial charge on any atom is 0.0506 e. The molecule has 0 aliphatic carbocycles. The first-order chi connectivity index (χ1) is 7.75. The summed E-state index contributed by atoms with van der Waals surface area (Å²) in [5.41, 5.74) is 0. The van der Waals surface area contributed by atoms with E-state index in [-0.39, 0.29) is 0 Å². The molecule has 16 heavy (non-hydrogen) atoms. The summed E-state index contributed by atoms with van der Waals surface area (Å²) in [4.78, 5) is 2.76. The fraction of sp³-hybridized carbons (Fsp3) is 0.667. The molecule has 1 aliphatic rings. The van der Waals surface area contributed by atoms with Gasteiger partial charge in [-0.2, -0.15) is 0 Å². The molecular formula is C12H18BrNOS. The summed E-state index contributed by atoms with van der Waals surface area (Å²) < 4.78 is 6.69. The van der Waals surface area contributed by atoms with Crippen LogP contribution in [0.25, 0.3) is 0 Å². The number of ether oxygens (including phenoxy) is 1. The van der Waals surface area contributed by atoms with Crippen molar-refractivity contribution in [3.8, 4) is 0 Å². The molecular weight excluding hydrogens is 286 g/mol. The summed E-state index contributed by atoms with van der Waals surface area (Å²) in [7, 11) is 0. The molecule has 1 aliphatic heterocycles. The van der Waals surface area contributed by atoms with Crippen LogP contribution in [0.4, 0.5) is 0 Å². The predicted molar refractivity (Wildman–Crippen MR) is 72.0 cm³/mol. The van der Waals surface area contributed by atoms with E-state index in [1.54, 1.807) is 0 Å². The molecule has 0 spiro atoms. The minimum atomic E-state index is 0.707. The van der Waals surface area contributed by atoms with E-state index in [1.807, 2.05) is 11.3 Å². The van der Waals surface area contributed by atoms with Gasteiger partial charge in [0.25, 0.3) is 0 Å². The molecule has 0 bridgehead atoms. The molecule has 0 aromatic carbocycles. The average Bonchev–Trinajstić information content (AvgIpc) is 2.60. The number of halogens is 1. The van der Waals surface area contributed by atoms with E-state index in [2.05, 4.69) is 34.2 Å². The molecule has 2 rings (SSSR count). The molecule has 1 atom stereocenters. The van der Waals surface area contributed by atoms with Gasteiger partial charge in [-0.1, -0.05) is 0 Å². The lowest BCUT2D eigenvalue weighted by molar-refractivity contribution is 0.0548. The van der Waals surface area contributed by atoms with Crippen LogP contribution in [0.3, 0.4) is 0 Å². The van der Waals surface area contributed by atoms with Crippen molar-refractivity contribution in [3.05, 3.63) is 20.3 Å². The second-order valence-corrected chi connectivity index (χ2v) is 6.53. The zero-order valence-corrected chi connectivity index (χ0v) is 12.0. The number of thiophene rings is 1. The fourth-order valence-electron chi connectivity index (χ4n) is 1.97. The predicted octanol–water partition coefficient (Wildman–Crippen LogP) is 3.34. The Balaban J connectivity index is 1.71. The molecule has 1 unspecified atom stereocenters.